The molecule has 102 valence electrons. The molecule has 2 nitrogen and oxygen atoms in total. The fraction of sp³-hybridized carbons (Fsp3) is 0.857. The highest BCUT2D eigenvalue weighted by Crippen LogP contribution is 2.10. The summed E-state index contributed by atoms with van der Waals surface area (Å²) in [7, 11) is 1.50. The van der Waals surface area contributed by atoms with Gasteiger partial charge in [0, 0.05) is 14.2 Å². The molecular formula is C14H30O2Si. The Hall–Kier alpha value is -0.123. The monoisotopic (exact) mass is 258 g/mol. The molecule has 0 saturated carbocycles. The van der Waals surface area contributed by atoms with Gasteiger partial charge in [0.05, 0.1) is 0 Å². The molecule has 0 aliphatic rings. The zero-order valence-electron chi connectivity index (χ0n) is 12.1. The molecule has 0 aromatic rings. The SMILES string of the molecule is CCCCCCCCCC=C[Si](C)(OC)OC. The molecular weight excluding hydrogens is 228 g/mol. The maximum atomic E-state index is 5.39. The van der Waals surface area contributed by atoms with Crippen LogP contribution < -0.4 is 0 Å². The van der Waals surface area contributed by atoms with Gasteiger partial charge in [-0.3, -0.25) is 0 Å². The van der Waals surface area contributed by atoms with Gasteiger partial charge in [0.1, 0.15) is 0 Å². The summed E-state index contributed by atoms with van der Waals surface area (Å²) in [5, 5.41) is 0. The Labute approximate surface area is 109 Å². The second kappa shape index (κ2) is 11.0. The maximum absolute atomic E-state index is 5.39. The third kappa shape index (κ3) is 9.57. The predicted molar refractivity (Wildman–Crippen MR) is 77.4 cm³/mol. The van der Waals surface area contributed by atoms with Gasteiger partial charge in [0.2, 0.25) is 0 Å². The van der Waals surface area contributed by atoms with E-state index in [0.717, 1.165) is 6.42 Å². The maximum Gasteiger partial charge on any atom is 0.360 e. The summed E-state index contributed by atoms with van der Waals surface area (Å²) < 4.78 is 10.8. The summed E-state index contributed by atoms with van der Waals surface area (Å²) in [5.74, 6) is 0. The molecule has 0 atom stereocenters. The third-order valence-electron chi connectivity index (χ3n) is 3.21. The first-order chi connectivity index (χ1) is 8.18. The summed E-state index contributed by atoms with van der Waals surface area (Å²) in [6.07, 6.45) is 13.0. The van der Waals surface area contributed by atoms with Crippen molar-refractivity contribution in [2.75, 3.05) is 14.2 Å². The van der Waals surface area contributed by atoms with Gasteiger partial charge in [-0.2, -0.15) is 0 Å². The molecule has 0 saturated heterocycles. The van der Waals surface area contributed by atoms with Crippen molar-refractivity contribution in [3.8, 4) is 0 Å². The zero-order chi connectivity index (χ0) is 13.0. The second-order valence-electron chi connectivity index (χ2n) is 4.74. The predicted octanol–water partition coefficient (Wildman–Crippen LogP) is 4.59. The number of unbranched alkanes of at least 4 members (excludes halogenated alkanes) is 7. The minimum Gasteiger partial charge on any atom is -0.395 e. The third-order valence-corrected chi connectivity index (χ3v) is 5.67. The van der Waals surface area contributed by atoms with Crippen LogP contribution in [0.15, 0.2) is 11.8 Å². The quantitative estimate of drug-likeness (QED) is 0.399. The van der Waals surface area contributed by atoms with Crippen molar-refractivity contribution in [1.29, 1.82) is 0 Å². The van der Waals surface area contributed by atoms with Gasteiger partial charge < -0.3 is 8.85 Å². The number of hydrogen-bond acceptors (Lipinski definition) is 2. The first-order valence-corrected chi connectivity index (χ1v) is 9.36. The van der Waals surface area contributed by atoms with E-state index in [1.807, 2.05) is 0 Å². The molecule has 0 fully saturated rings. The Morgan fingerprint density at radius 2 is 1.41 bits per heavy atom. The Balaban J connectivity index is 3.41. The lowest BCUT2D eigenvalue weighted by molar-refractivity contribution is 0.264. The fourth-order valence-corrected chi connectivity index (χ4v) is 2.77. The highest BCUT2D eigenvalue weighted by atomic mass is 28.4. The van der Waals surface area contributed by atoms with Crippen LogP contribution in [0.4, 0.5) is 0 Å². The zero-order valence-corrected chi connectivity index (χ0v) is 13.1. The second-order valence-corrected chi connectivity index (χ2v) is 7.92. The van der Waals surface area contributed by atoms with E-state index in [0.29, 0.717) is 0 Å². The largest absolute Gasteiger partial charge is 0.395 e. The van der Waals surface area contributed by atoms with Crippen LogP contribution in [0.2, 0.25) is 6.55 Å². The summed E-state index contributed by atoms with van der Waals surface area (Å²) in [6, 6.07) is 0. The standard InChI is InChI=1S/C14H30O2Si/c1-5-6-7-8-9-10-11-12-13-14-17(4,15-2)16-3/h13-14H,5-12H2,1-4H3. The van der Waals surface area contributed by atoms with E-state index in [1.165, 1.54) is 44.9 Å². The van der Waals surface area contributed by atoms with Gasteiger partial charge in [-0.15, -0.1) is 0 Å². The van der Waals surface area contributed by atoms with Crippen LogP contribution in [-0.2, 0) is 8.85 Å². The van der Waals surface area contributed by atoms with E-state index in [-0.39, 0.29) is 0 Å². The molecule has 0 heterocycles. The van der Waals surface area contributed by atoms with Gasteiger partial charge in [-0.25, -0.2) is 0 Å². The lowest BCUT2D eigenvalue weighted by Gasteiger charge is -2.17. The first kappa shape index (κ1) is 16.9. The van der Waals surface area contributed by atoms with Crippen molar-refractivity contribution in [2.24, 2.45) is 0 Å². The highest BCUT2D eigenvalue weighted by molar-refractivity contribution is 6.71. The fourth-order valence-electron chi connectivity index (χ4n) is 1.74. The molecule has 0 aromatic heterocycles. The number of hydrogen-bond donors (Lipinski definition) is 0. The van der Waals surface area contributed by atoms with Gasteiger partial charge >= 0.3 is 8.56 Å². The van der Waals surface area contributed by atoms with Crippen LogP contribution in [0.3, 0.4) is 0 Å². The van der Waals surface area contributed by atoms with E-state index in [2.05, 4.69) is 25.2 Å². The van der Waals surface area contributed by atoms with E-state index >= 15 is 0 Å². The lowest BCUT2D eigenvalue weighted by atomic mass is 10.1. The first-order valence-electron chi connectivity index (χ1n) is 6.96. The van der Waals surface area contributed by atoms with Gasteiger partial charge in [-0.1, -0.05) is 51.5 Å². The molecule has 0 aromatic carbocycles. The molecule has 0 spiro atoms. The Kier molecular flexibility index (Phi) is 10.9. The van der Waals surface area contributed by atoms with Crippen LogP contribution in [-0.4, -0.2) is 22.8 Å². The van der Waals surface area contributed by atoms with Gasteiger partial charge in [0.25, 0.3) is 0 Å². The minimum atomic E-state index is -1.96. The average Bonchev–Trinajstić information content (AvgIpc) is 2.36. The Bertz CT molecular complexity index is 189. The van der Waals surface area contributed by atoms with Crippen molar-refractivity contribution >= 4 is 8.56 Å². The highest BCUT2D eigenvalue weighted by Gasteiger charge is 2.23. The van der Waals surface area contributed by atoms with E-state index in [1.54, 1.807) is 14.2 Å². The van der Waals surface area contributed by atoms with Crippen LogP contribution in [0, 0.1) is 0 Å². The Morgan fingerprint density at radius 3 is 1.94 bits per heavy atom. The molecule has 3 heteroatoms. The van der Waals surface area contributed by atoms with Crippen LogP contribution >= 0.6 is 0 Å². The van der Waals surface area contributed by atoms with Crippen molar-refractivity contribution in [2.45, 2.75) is 64.8 Å². The van der Waals surface area contributed by atoms with Crippen LogP contribution in [0.1, 0.15) is 58.3 Å². The smallest absolute Gasteiger partial charge is 0.360 e. The summed E-state index contributed by atoms with van der Waals surface area (Å²) in [6.45, 7) is 4.32. The normalized spacial score (nSPS) is 12.5. The van der Waals surface area contributed by atoms with E-state index in [4.69, 9.17) is 8.85 Å². The Morgan fingerprint density at radius 1 is 0.882 bits per heavy atom. The lowest BCUT2D eigenvalue weighted by Crippen LogP contribution is -2.33. The molecule has 0 aliphatic carbocycles. The van der Waals surface area contributed by atoms with Crippen molar-refractivity contribution in [3.05, 3.63) is 11.8 Å². The molecule has 0 aliphatic heterocycles. The molecule has 0 N–H and O–H groups in total. The average molecular weight is 258 g/mol. The molecule has 0 rings (SSSR count). The molecule has 0 unspecified atom stereocenters. The summed E-state index contributed by atoms with van der Waals surface area (Å²) in [4.78, 5) is 0. The summed E-state index contributed by atoms with van der Waals surface area (Å²) in [5.41, 5.74) is 2.14. The van der Waals surface area contributed by atoms with Crippen LogP contribution in [0.25, 0.3) is 0 Å². The number of rotatable bonds is 11. The molecule has 0 bridgehead atoms. The van der Waals surface area contributed by atoms with Gasteiger partial charge in [-0.05, 0) is 25.1 Å². The van der Waals surface area contributed by atoms with E-state index < -0.39 is 8.56 Å². The van der Waals surface area contributed by atoms with Crippen molar-refractivity contribution < 1.29 is 8.85 Å². The summed E-state index contributed by atoms with van der Waals surface area (Å²) >= 11 is 0. The minimum absolute atomic E-state index is 1.16. The molecule has 0 radical (unpaired) electrons. The van der Waals surface area contributed by atoms with Crippen molar-refractivity contribution in [3.63, 3.8) is 0 Å². The number of allylic oxidation sites excluding steroid dienone is 1. The molecule has 17 heavy (non-hydrogen) atoms. The topological polar surface area (TPSA) is 18.5 Å². The molecule has 0 amide bonds. The van der Waals surface area contributed by atoms with Crippen molar-refractivity contribution in [1.82, 2.24) is 0 Å². The van der Waals surface area contributed by atoms with Gasteiger partial charge in [0.15, 0.2) is 0 Å². The van der Waals surface area contributed by atoms with E-state index in [9.17, 15) is 0 Å². The van der Waals surface area contributed by atoms with Crippen LogP contribution in [0.5, 0.6) is 0 Å².